The first-order valence-corrected chi connectivity index (χ1v) is 5.44. The number of halogens is 1. The first-order chi connectivity index (χ1) is 7.42. The van der Waals surface area contributed by atoms with Crippen LogP contribution < -0.4 is 4.74 Å². The van der Waals surface area contributed by atoms with Crippen molar-refractivity contribution in [1.82, 2.24) is 0 Å². The van der Waals surface area contributed by atoms with Crippen molar-refractivity contribution in [2.75, 3.05) is 0 Å². The molecular formula is C11H9BrO4. The molecule has 1 aliphatic rings. The van der Waals surface area contributed by atoms with Crippen molar-refractivity contribution < 1.29 is 19.1 Å². The number of carbonyl (C=O) groups is 2. The molecule has 1 aromatic rings. The summed E-state index contributed by atoms with van der Waals surface area (Å²) in [5.41, 5.74) is 0.415. The van der Waals surface area contributed by atoms with E-state index in [4.69, 9.17) is 9.47 Å². The summed E-state index contributed by atoms with van der Waals surface area (Å²) in [6.45, 7) is 2.67. The first kappa shape index (κ1) is 11.1. The lowest BCUT2D eigenvalue weighted by molar-refractivity contribution is -0.172. The summed E-state index contributed by atoms with van der Waals surface area (Å²) in [4.78, 5) is 22.9. The lowest BCUT2D eigenvalue weighted by Gasteiger charge is -2.21. The molecule has 0 saturated heterocycles. The maximum atomic E-state index is 12.0. The molecule has 5 heteroatoms. The lowest BCUT2D eigenvalue weighted by atomic mass is 10.1. The van der Waals surface area contributed by atoms with Crippen LogP contribution in [0.5, 0.6) is 5.75 Å². The highest BCUT2D eigenvalue weighted by atomic mass is 79.9. The Labute approximate surface area is 101 Å². The van der Waals surface area contributed by atoms with Crippen molar-refractivity contribution in [1.29, 1.82) is 0 Å². The largest absolute Gasteiger partial charge is 0.445 e. The van der Waals surface area contributed by atoms with E-state index in [0.29, 0.717) is 11.3 Å². The van der Waals surface area contributed by atoms with Gasteiger partial charge in [-0.05, 0) is 18.2 Å². The van der Waals surface area contributed by atoms with Crippen LogP contribution in [0.1, 0.15) is 24.2 Å². The molecule has 84 valence electrons. The number of benzene rings is 1. The van der Waals surface area contributed by atoms with Crippen LogP contribution >= 0.6 is 15.9 Å². The minimum Gasteiger partial charge on any atom is -0.445 e. The van der Waals surface area contributed by atoms with E-state index < -0.39 is 11.8 Å². The number of hydrogen-bond donors (Lipinski definition) is 0. The molecule has 0 bridgehead atoms. The van der Waals surface area contributed by atoms with Crippen molar-refractivity contribution in [2.24, 2.45) is 0 Å². The summed E-state index contributed by atoms with van der Waals surface area (Å²) in [5, 5.41) is 0. The first-order valence-electron chi connectivity index (χ1n) is 4.65. The van der Waals surface area contributed by atoms with Crippen LogP contribution in [0, 0.1) is 0 Å². The third-order valence-electron chi connectivity index (χ3n) is 2.24. The van der Waals surface area contributed by atoms with Crippen LogP contribution in [0.15, 0.2) is 22.7 Å². The second-order valence-corrected chi connectivity index (χ2v) is 4.53. The zero-order chi connectivity index (χ0) is 11.9. The summed E-state index contributed by atoms with van der Waals surface area (Å²) >= 11 is 3.27. The quantitative estimate of drug-likeness (QED) is 0.743. The third-order valence-corrected chi connectivity index (χ3v) is 2.74. The number of carbonyl (C=O) groups excluding carboxylic acids is 2. The number of fused-ring (bicyclic) bond motifs is 1. The minimum absolute atomic E-state index is 0.348. The Morgan fingerprint density at radius 3 is 2.81 bits per heavy atom. The highest BCUT2D eigenvalue weighted by molar-refractivity contribution is 9.10. The molecule has 2 rings (SSSR count). The molecule has 1 unspecified atom stereocenters. The van der Waals surface area contributed by atoms with E-state index in [-0.39, 0.29) is 5.78 Å². The monoisotopic (exact) mass is 284 g/mol. The summed E-state index contributed by atoms with van der Waals surface area (Å²) in [7, 11) is 0. The zero-order valence-electron chi connectivity index (χ0n) is 8.74. The Kier molecular flexibility index (Phi) is 2.50. The molecule has 0 spiro atoms. The normalized spacial score (nSPS) is 22.6. The van der Waals surface area contributed by atoms with Gasteiger partial charge in [0.15, 0.2) is 0 Å². The maximum absolute atomic E-state index is 12.0. The summed E-state index contributed by atoms with van der Waals surface area (Å²) in [6, 6.07) is 5.06. The van der Waals surface area contributed by atoms with Gasteiger partial charge in [0.1, 0.15) is 5.75 Å². The van der Waals surface area contributed by atoms with E-state index in [0.717, 1.165) is 4.47 Å². The molecule has 0 aliphatic carbocycles. The molecule has 1 aromatic carbocycles. The van der Waals surface area contributed by atoms with Crippen molar-refractivity contribution >= 4 is 27.7 Å². The highest BCUT2D eigenvalue weighted by Gasteiger charge is 2.47. The number of ketones is 1. The van der Waals surface area contributed by atoms with Crippen LogP contribution in [0.4, 0.5) is 0 Å². The fourth-order valence-corrected chi connectivity index (χ4v) is 1.97. The van der Waals surface area contributed by atoms with Gasteiger partial charge in [0.25, 0.3) is 0 Å². The second-order valence-electron chi connectivity index (χ2n) is 3.61. The van der Waals surface area contributed by atoms with Gasteiger partial charge < -0.3 is 9.47 Å². The Bertz CT molecular complexity index is 483. The Hall–Kier alpha value is -1.36. The smallest absolute Gasteiger partial charge is 0.315 e. The Balaban J connectivity index is 2.40. The molecule has 0 radical (unpaired) electrons. The van der Waals surface area contributed by atoms with Crippen molar-refractivity contribution in [3.63, 3.8) is 0 Å². The fraction of sp³-hybridized carbons (Fsp3) is 0.273. The van der Waals surface area contributed by atoms with Gasteiger partial charge in [0.05, 0.1) is 5.56 Å². The van der Waals surface area contributed by atoms with Gasteiger partial charge in [0, 0.05) is 18.3 Å². The van der Waals surface area contributed by atoms with Crippen molar-refractivity contribution in [3.8, 4) is 5.75 Å². The van der Waals surface area contributed by atoms with Gasteiger partial charge in [-0.3, -0.25) is 9.59 Å². The predicted molar refractivity (Wildman–Crippen MR) is 59.3 cm³/mol. The van der Waals surface area contributed by atoms with E-state index in [1.165, 1.54) is 13.8 Å². The number of esters is 1. The average Bonchev–Trinajstić information content (AvgIpc) is 2.40. The van der Waals surface area contributed by atoms with Crippen molar-refractivity contribution in [3.05, 3.63) is 28.2 Å². The maximum Gasteiger partial charge on any atom is 0.315 e. The molecule has 1 atom stereocenters. The van der Waals surface area contributed by atoms with E-state index in [9.17, 15) is 9.59 Å². The standard InChI is InChI=1S/C11H9BrO4/c1-6(13)15-11(2)10(14)8-5-7(12)3-4-9(8)16-11/h3-5H,1-2H3. The average molecular weight is 285 g/mol. The summed E-state index contributed by atoms with van der Waals surface area (Å²) < 4.78 is 11.0. The van der Waals surface area contributed by atoms with Gasteiger partial charge in [-0.15, -0.1) is 0 Å². The fourth-order valence-electron chi connectivity index (χ4n) is 1.61. The van der Waals surface area contributed by atoms with Crippen LogP contribution in [0.3, 0.4) is 0 Å². The van der Waals surface area contributed by atoms with Crippen LogP contribution in [-0.4, -0.2) is 17.5 Å². The number of Topliss-reactive ketones (excluding diaryl/α,β-unsaturated/α-hetero) is 1. The number of hydrogen-bond acceptors (Lipinski definition) is 4. The van der Waals surface area contributed by atoms with E-state index in [2.05, 4.69) is 15.9 Å². The topological polar surface area (TPSA) is 52.6 Å². The zero-order valence-corrected chi connectivity index (χ0v) is 10.3. The van der Waals surface area contributed by atoms with Crippen LogP contribution in [0.2, 0.25) is 0 Å². The number of rotatable bonds is 1. The van der Waals surface area contributed by atoms with Gasteiger partial charge in [-0.2, -0.15) is 0 Å². The van der Waals surface area contributed by atoms with E-state index in [1.54, 1.807) is 18.2 Å². The molecule has 1 aliphatic heterocycles. The Morgan fingerprint density at radius 2 is 2.19 bits per heavy atom. The third kappa shape index (κ3) is 1.71. The second kappa shape index (κ2) is 3.59. The molecular weight excluding hydrogens is 276 g/mol. The van der Waals surface area contributed by atoms with Crippen LogP contribution in [-0.2, 0) is 9.53 Å². The summed E-state index contributed by atoms with van der Waals surface area (Å²) in [6.07, 6.45) is 0. The minimum atomic E-state index is -1.53. The molecule has 16 heavy (non-hydrogen) atoms. The van der Waals surface area contributed by atoms with Crippen molar-refractivity contribution in [2.45, 2.75) is 19.6 Å². The van der Waals surface area contributed by atoms with Gasteiger partial charge in [-0.1, -0.05) is 15.9 Å². The summed E-state index contributed by atoms with van der Waals surface area (Å²) in [5.74, 6) is -2.01. The van der Waals surface area contributed by atoms with Gasteiger partial charge in [0.2, 0.25) is 5.78 Å². The van der Waals surface area contributed by atoms with Crippen LogP contribution in [0.25, 0.3) is 0 Å². The molecule has 1 heterocycles. The number of ether oxygens (including phenoxy) is 2. The molecule has 4 nitrogen and oxygen atoms in total. The molecule has 0 N–H and O–H groups in total. The molecule has 0 saturated carbocycles. The van der Waals surface area contributed by atoms with E-state index in [1.807, 2.05) is 0 Å². The predicted octanol–water partition coefficient (Wildman–Crippen LogP) is 2.30. The van der Waals surface area contributed by atoms with Gasteiger partial charge >= 0.3 is 11.8 Å². The van der Waals surface area contributed by atoms with Gasteiger partial charge in [-0.25, -0.2) is 0 Å². The molecule has 0 amide bonds. The SMILES string of the molecule is CC(=O)OC1(C)Oc2ccc(Br)cc2C1=O. The lowest BCUT2D eigenvalue weighted by Crippen LogP contribution is -2.41. The molecule has 0 fully saturated rings. The Morgan fingerprint density at radius 1 is 1.50 bits per heavy atom. The highest BCUT2D eigenvalue weighted by Crippen LogP contribution is 2.37. The molecule has 0 aromatic heterocycles. The van der Waals surface area contributed by atoms with E-state index >= 15 is 0 Å².